The summed E-state index contributed by atoms with van der Waals surface area (Å²) < 4.78 is 6.87. The van der Waals surface area contributed by atoms with Crippen LogP contribution in [0.2, 0.25) is 0 Å². The molecule has 8 nitrogen and oxygen atoms in total. The van der Waals surface area contributed by atoms with Gasteiger partial charge >= 0.3 is 0 Å². The van der Waals surface area contributed by atoms with Gasteiger partial charge in [0.2, 0.25) is 5.91 Å². The van der Waals surface area contributed by atoms with Crippen molar-refractivity contribution in [1.82, 2.24) is 25.4 Å². The minimum absolute atomic E-state index is 0.0603. The van der Waals surface area contributed by atoms with Crippen LogP contribution in [-0.4, -0.2) is 44.5 Å². The van der Waals surface area contributed by atoms with E-state index in [-0.39, 0.29) is 29.1 Å². The molecule has 1 aromatic heterocycles. The first-order valence-corrected chi connectivity index (χ1v) is 9.78. The van der Waals surface area contributed by atoms with Gasteiger partial charge in [0.15, 0.2) is 11.0 Å². The van der Waals surface area contributed by atoms with Crippen molar-refractivity contribution in [3.8, 4) is 5.75 Å². The fourth-order valence-corrected chi connectivity index (χ4v) is 3.12. The maximum Gasteiger partial charge on any atom is 0.251 e. The molecule has 2 rings (SSSR count). The van der Waals surface area contributed by atoms with Gasteiger partial charge in [-0.05, 0) is 52.0 Å². The summed E-state index contributed by atoms with van der Waals surface area (Å²) in [6, 6.07) is 6.86. The molecule has 0 aliphatic rings. The van der Waals surface area contributed by atoms with Crippen molar-refractivity contribution >= 4 is 23.6 Å². The van der Waals surface area contributed by atoms with Crippen molar-refractivity contribution < 1.29 is 14.3 Å². The Morgan fingerprint density at radius 2 is 1.86 bits per heavy atom. The monoisotopic (exact) mass is 405 g/mol. The molecule has 28 heavy (non-hydrogen) atoms. The standard InChI is InChI=1S/C19H27N5O3S/c1-12(16(25)21-19(2,3)4)28-18-23-22-15(24(18)5)11-20-17(26)13-7-9-14(27-6)10-8-13/h7-10,12H,11H2,1-6H3,(H,20,26)(H,21,25)/t12-/m1/s1. The predicted octanol–water partition coefficient (Wildman–Crippen LogP) is 2.15. The van der Waals surface area contributed by atoms with E-state index in [9.17, 15) is 9.59 Å². The van der Waals surface area contributed by atoms with E-state index in [1.807, 2.05) is 34.7 Å². The maximum atomic E-state index is 12.3. The van der Waals surface area contributed by atoms with Gasteiger partial charge < -0.3 is 19.9 Å². The van der Waals surface area contributed by atoms with E-state index >= 15 is 0 Å². The second-order valence-corrected chi connectivity index (χ2v) is 8.68. The zero-order chi connectivity index (χ0) is 20.9. The lowest BCUT2D eigenvalue weighted by Crippen LogP contribution is -2.44. The van der Waals surface area contributed by atoms with Gasteiger partial charge in [-0.2, -0.15) is 0 Å². The summed E-state index contributed by atoms with van der Waals surface area (Å²) in [4.78, 5) is 24.5. The number of aromatic nitrogens is 3. The van der Waals surface area contributed by atoms with Gasteiger partial charge in [0, 0.05) is 18.2 Å². The first kappa shape index (κ1) is 21.7. The van der Waals surface area contributed by atoms with Crippen LogP contribution in [0.15, 0.2) is 29.4 Å². The van der Waals surface area contributed by atoms with E-state index in [2.05, 4.69) is 20.8 Å². The number of hydrogen-bond donors (Lipinski definition) is 2. The first-order valence-electron chi connectivity index (χ1n) is 8.90. The Morgan fingerprint density at radius 3 is 2.43 bits per heavy atom. The Hall–Kier alpha value is -2.55. The van der Waals surface area contributed by atoms with Crippen LogP contribution in [0.25, 0.3) is 0 Å². The molecule has 0 saturated heterocycles. The Morgan fingerprint density at radius 1 is 1.21 bits per heavy atom. The van der Waals surface area contributed by atoms with Gasteiger partial charge in [-0.3, -0.25) is 9.59 Å². The van der Waals surface area contributed by atoms with Gasteiger partial charge in [-0.1, -0.05) is 11.8 Å². The normalized spacial score (nSPS) is 12.4. The quantitative estimate of drug-likeness (QED) is 0.685. The van der Waals surface area contributed by atoms with E-state index in [1.54, 1.807) is 35.9 Å². The molecule has 9 heteroatoms. The van der Waals surface area contributed by atoms with Crippen LogP contribution in [0.5, 0.6) is 5.75 Å². The Labute approximate surface area is 169 Å². The van der Waals surface area contributed by atoms with Crippen LogP contribution in [0.3, 0.4) is 0 Å². The molecular formula is C19H27N5O3S. The number of rotatable bonds is 7. The van der Waals surface area contributed by atoms with Crippen molar-refractivity contribution in [1.29, 1.82) is 0 Å². The minimum Gasteiger partial charge on any atom is -0.497 e. The molecule has 0 aliphatic carbocycles. The SMILES string of the molecule is COc1ccc(C(=O)NCc2nnc(S[C@H](C)C(=O)NC(C)(C)C)n2C)cc1. The summed E-state index contributed by atoms with van der Waals surface area (Å²) in [6.45, 7) is 7.87. The van der Waals surface area contributed by atoms with E-state index in [0.29, 0.717) is 22.3 Å². The fraction of sp³-hybridized carbons (Fsp3) is 0.474. The molecule has 0 unspecified atom stereocenters. The molecule has 0 bridgehead atoms. The molecule has 2 amide bonds. The molecule has 0 fully saturated rings. The highest BCUT2D eigenvalue weighted by molar-refractivity contribution is 8.00. The number of nitrogens with zero attached hydrogens (tertiary/aromatic N) is 3. The molecule has 1 aromatic carbocycles. The third-order valence-electron chi connectivity index (χ3n) is 3.83. The number of amides is 2. The van der Waals surface area contributed by atoms with Gasteiger partial charge in [0.1, 0.15) is 5.75 Å². The van der Waals surface area contributed by atoms with E-state index in [4.69, 9.17) is 4.74 Å². The van der Waals surface area contributed by atoms with Gasteiger partial charge in [-0.25, -0.2) is 0 Å². The number of thioether (sulfide) groups is 1. The average molecular weight is 406 g/mol. The number of benzene rings is 1. The number of hydrogen-bond acceptors (Lipinski definition) is 6. The zero-order valence-electron chi connectivity index (χ0n) is 17.1. The Bertz CT molecular complexity index is 827. The molecule has 1 atom stereocenters. The van der Waals surface area contributed by atoms with Crippen LogP contribution >= 0.6 is 11.8 Å². The van der Waals surface area contributed by atoms with Crippen LogP contribution in [0.1, 0.15) is 43.9 Å². The third kappa shape index (κ3) is 5.98. The number of carbonyl (C=O) groups is 2. The van der Waals surface area contributed by atoms with Crippen LogP contribution in [0.4, 0.5) is 0 Å². The highest BCUT2D eigenvalue weighted by atomic mass is 32.2. The predicted molar refractivity (Wildman–Crippen MR) is 108 cm³/mol. The van der Waals surface area contributed by atoms with Crippen molar-refractivity contribution in [2.45, 2.75) is 50.2 Å². The molecule has 0 saturated carbocycles. The van der Waals surface area contributed by atoms with Gasteiger partial charge in [0.05, 0.1) is 18.9 Å². The van der Waals surface area contributed by atoms with Gasteiger partial charge in [0.25, 0.3) is 5.91 Å². The Kier molecular flexibility index (Phi) is 7.06. The topological polar surface area (TPSA) is 98.1 Å². The first-order chi connectivity index (χ1) is 13.1. The van der Waals surface area contributed by atoms with Crippen LogP contribution in [0, 0.1) is 0 Å². The molecule has 2 aromatic rings. The third-order valence-corrected chi connectivity index (χ3v) is 4.97. The van der Waals surface area contributed by atoms with Crippen molar-refractivity contribution in [2.75, 3.05) is 7.11 Å². The molecular weight excluding hydrogens is 378 g/mol. The minimum atomic E-state index is -0.316. The largest absolute Gasteiger partial charge is 0.497 e. The Balaban J connectivity index is 1.94. The van der Waals surface area contributed by atoms with Crippen molar-refractivity contribution in [3.05, 3.63) is 35.7 Å². The lowest BCUT2D eigenvalue weighted by Gasteiger charge is -2.22. The van der Waals surface area contributed by atoms with Crippen LogP contribution in [-0.2, 0) is 18.4 Å². The molecule has 1 heterocycles. The molecule has 0 radical (unpaired) electrons. The summed E-state index contributed by atoms with van der Waals surface area (Å²) in [5.74, 6) is 1.02. The second-order valence-electron chi connectivity index (χ2n) is 7.37. The van der Waals surface area contributed by atoms with Crippen LogP contribution < -0.4 is 15.4 Å². The lowest BCUT2D eigenvalue weighted by atomic mass is 10.1. The molecule has 2 N–H and O–H groups in total. The fourth-order valence-electron chi connectivity index (χ4n) is 2.29. The van der Waals surface area contributed by atoms with Crippen molar-refractivity contribution in [3.63, 3.8) is 0 Å². The molecule has 0 aliphatic heterocycles. The summed E-state index contributed by atoms with van der Waals surface area (Å²) in [7, 11) is 3.39. The number of carbonyl (C=O) groups excluding carboxylic acids is 2. The zero-order valence-corrected chi connectivity index (χ0v) is 17.9. The second kappa shape index (κ2) is 9.09. The summed E-state index contributed by atoms with van der Waals surface area (Å²) >= 11 is 1.33. The highest BCUT2D eigenvalue weighted by Gasteiger charge is 2.22. The summed E-state index contributed by atoms with van der Waals surface area (Å²) in [5.41, 5.74) is 0.243. The van der Waals surface area contributed by atoms with Gasteiger partial charge in [-0.15, -0.1) is 10.2 Å². The highest BCUT2D eigenvalue weighted by Crippen LogP contribution is 2.22. The molecule has 0 spiro atoms. The lowest BCUT2D eigenvalue weighted by molar-refractivity contribution is -0.121. The van der Waals surface area contributed by atoms with Crippen molar-refractivity contribution in [2.24, 2.45) is 7.05 Å². The summed E-state index contributed by atoms with van der Waals surface area (Å²) in [6.07, 6.45) is 0. The van der Waals surface area contributed by atoms with E-state index in [1.165, 1.54) is 11.8 Å². The maximum absolute atomic E-state index is 12.3. The number of methoxy groups -OCH3 is 1. The number of nitrogens with one attached hydrogen (secondary N) is 2. The molecule has 152 valence electrons. The van der Waals surface area contributed by atoms with E-state index < -0.39 is 0 Å². The van der Waals surface area contributed by atoms with E-state index in [0.717, 1.165) is 0 Å². The average Bonchev–Trinajstić information content (AvgIpc) is 2.98. The summed E-state index contributed by atoms with van der Waals surface area (Å²) in [5, 5.41) is 14.3. The smallest absolute Gasteiger partial charge is 0.251 e. The number of ether oxygens (including phenoxy) is 1.